The highest BCUT2D eigenvalue weighted by Crippen LogP contribution is 2.29. The van der Waals surface area contributed by atoms with E-state index in [9.17, 15) is 9.90 Å². The zero-order valence-electron chi connectivity index (χ0n) is 15.4. The first-order chi connectivity index (χ1) is 12.9. The predicted octanol–water partition coefficient (Wildman–Crippen LogP) is 2.59. The fraction of sp³-hybridized carbons (Fsp3) is 0.300. The fourth-order valence-corrected chi connectivity index (χ4v) is 2.54. The Morgan fingerprint density at radius 3 is 2.37 bits per heavy atom. The van der Waals surface area contributed by atoms with Crippen LogP contribution in [0.25, 0.3) is 0 Å². The van der Waals surface area contributed by atoms with Crippen LogP contribution < -0.4 is 15.2 Å². The number of amidine groups is 1. The van der Waals surface area contributed by atoms with Crippen LogP contribution in [0.2, 0.25) is 0 Å². The normalized spacial score (nSPS) is 11.6. The number of nitrogens with one attached hydrogen (secondary N) is 1. The van der Waals surface area contributed by atoms with E-state index in [1.54, 1.807) is 44.4 Å². The SMILES string of the molecule is CCOC(Cc1ccc(OC)c(OCc2ccc(C(=N)N)cc2)c1)C(=O)O. The maximum absolute atomic E-state index is 11.3. The highest BCUT2D eigenvalue weighted by molar-refractivity contribution is 5.94. The maximum atomic E-state index is 11.3. The molecule has 27 heavy (non-hydrogen) atoms. The summed E-state index contributed by atoms with van der Waals surface area (Å²) in [4.78, 5) is 11.3. The lowest BCUT2D eigenvalue weighted by Gasteiger charge is -2.15. The van der Waals surface area contributed by atoms with Gasteiger partial charge >= 0.3 is 5.97 Å². The molecule has 7 heteroatoms. The summed E-state index contributed by atoms with van der Waals surface area (Å²) in [6.45, 7) is 2.38. The Hall–Kier alpha value is -3.06. The van der Waals surface area contributed by atoms with Gasteiger partial charge in [-0.05, 0) is 30.2 Å². The molecular formula is C20H24N2O5. The number of hydrogen-bond acceptors (Lipinski definition) is 5. The topological polar surface area (TPSA) is 115 Å². The minimum atomic E-state index is -0.999. The summed E-state index contributed by atoms with van der Waals surface area (Å²) in [6, 6.07) is 12.5. The minimum absolute atomic E-state index is 0.0131. The lowest BCUT2D eigenvalue weighted by Crippen LogP contribution is -2.26. The Kier molecular flexibility index (Phi) is 7.19. The predicted molar refractivity (Wildman–Crippen MR) is 102 cm³/mol. The summed E-state index contributed by atoms with van der Waals surface area (Å²) in [7, 11) is 1.55. The molecule has 4 N–H and O–H groups in total. The first kappa shape index (κ1) is 20.3. The Bertz CT molecular complexity index is 789. The number of carboxylic acid groups (broad SMARTS) is 1. The third-order valence-corrected chi connectivity index (χ3v) is 3.95. The summed E-state index contributed by atoms with van der Waals surface area (Å²) in [5.41, 5.74) is 7.78. The van der Waals surface area contributed by atoms with E-state index in [-0.39, 0.29) is 12.3 Å². The van der Waals surface area contributed by atoms with Crippen LogP contribution in [0, 0.1) is 5.41 Å². The molecule has 0 aromatic heterocycles. The van der Waals surface area contributed by atoms with Crippen molar-refractivity contribution in [2.24, 2.45) is 5.73 Å². The number of rotatable bonds is 10. The third kappa shape index (κ3) is 5.72. The number of hydrogen-bond donors (Lipinski definition) is 3. The molecule has 2 aromatic rings. The van der Waals surface area contributed by atoms with E-state index in [1.165, 1.54) is 0 Å². The van der Waals surface area contributed by atoms with Crippen LogP contribution in [0.5, 0.6) is 11.5 Å². The molecule has 0 saturated carbocycles. The van der Waals surface area contributed by atoms with Gasteiger partial charge in [0, 0.05) is 18.6 Å². The molecule has 7 nitrogen and oxygen atoms in total. The number of nitrogens with two attached hydrogens (primary N) is 1. The van der Waals surface area contributed by atoms with Crippen LogP contribution in [0.4, 0.5) is 0 Å². The van der Waals surface area contributed by atoms with Gasteiger partial charge in [-0.3, -0.25) is 5.41 Å². The molecule has 0 saturated heterocycles. The minimum Gasteiger partial charge on any atom is -0.493 e. The number of methoxy groups -OCH3 is 1. The molecular weight excluding hydrogens is 348 g/mol. The van der Waals surface area contributed by atoms with Crippen molar-refractivity contribution in [1.82, 2.24) is 0 Å². The van der Waals surface area contributed by atoms with Gasteiger partial charge in [0.15, 0.2) is 17.6 Å². The van der Waals surface area contributed by atoms with Crippen molar-refractivity contribution in [1.29, 1.82) is 5.41 Å². The molecule has 1 unspecified atom stereocenters. The second-order valence-corrected chi connectivity index (χ2v) is 5.87. The summed E-state index contributed by atoms with van der Waals surface area (Å²) < 4.78 is 16.4. The molecule has 0 heterocycles. The Labute approximate surface area is 158 Å². The average Bonchev–Trinajstić information content (AvgIpc) is 2.66. The van der Waals surface area contributed by atoms with Gasteiger partial charge in [-0.25, -0.2) is 4.79 Å². The maximum Gasteiger partial charge on any atom is 0.333 e. The van der Waals surface area contributed by atoms with E-state index >= 15 is 0 Å². The Balaban J connectivity index is 2.12. The molecule has 0 spiro atoms. The van der Waals surface area contributed by atoms with Gasteiger partial charge < -0.3 is 25.1 Å². The van der Waals surface area contributed by atoms with Gasteiger partial charge in [-0.15, -0.1) is 0 Å². The molecule has 0 aliphatic carbocycles. The van der Waals surface area contributed by atoms with E-state index in [2.05, 4.69) is 0 Å². The van der Waals surface area contributed by atoms with E-state index in [1.807, 2.05) is 12.1 Å². The second-order valence-electron chi connectivity index (χ2n) is 5.87. The van der Waals surface area contributed by atoms with Crippen molar-refractivity contribution in [3.8, 4) is 11.5 Å². The third-order valence-electron chi connectivity index (χ3n) is 3.95. The van der Waals surface area contributed by atoms with Crippen LogP contribution in [-0.2, 0) is 22.6 Å². The van der Waals surface area contributed by atoms with Gasteiger partial charge in [0.1, 0.15) is 12.4 Å². The number of benzene rings is 2. The highest BCUT2D eigenvalue weighted by atomic mass is 16.5. The number of aliphatic carboxylic acids is 1. The van der Waals surface area contributed by atoms with E-state index in [4.69, 9.17) is 25.4 Å². The lowest BCUT2D eigenvalue weighted by molar-refractivity contribution is -0.149. The van der Waals surface area contributed by atoms with Crippen LogP contribution in [0.3, 0.4) is 0 Å². The number of carbonyl (C=O) groups is 1. The molecule has 144 valence electrons. The molecule has 0 aliphatic rings. The van der Waals surface area contributed by atoms with E-state index < -0.39 is 12.1 Å². The number of nitrogen functional groups attached to an aromatic ring is 1. The van der Waals surface area contributed by atoms with E-state index in [0.29, 0.717) is 30.3 Å². The zero-order chi connectivity index (χ0) is 19.8. The van der Waals surface area contributed by atoms with Crippen molar-refractivity contribution in [3.63, 3.8) is 0 Å². The molecule has 1 atom stereocenters. The van der Waals surface area contributed by atoms with Crippen LogP contribution >= 0.6 is 0 Å². The summed E-state index contributed by atoms with van der Waals surface area (Å²) in [5.74, 6) is 0.0912. The smallest absolute Gasteiger partial charge is 0.333 e. The van der Waals surface area contributed by atoms with Crippen LogP contribution in [0.1, 0.15) is 23.6 Å². The Morgan fingerprint density at radius 1 is 1.15 bits per heavy atom. The van der Waals surface area contributed by atoms with Gasteiger partial charge in [0.2, 0.25) is 0 Å². The lowest BCUT2D eigenvalue weighted by atomic mass is 10.1. The van der Waals surface area contributed by atoms with Gasteiger partial charge in [0.25, 0.3) is 0 Å². The van der Waals surface area contributed by atoms with Crippen LogP contribution in [-0.4, -0.2) is 36.7 Å². The van der Waals surface area contributed by atoms with Gasteiger partial charge in [0.05, 0.1) is 7.11 Å². The van der Waals surface area contributed by atoms with Gasteiger partial charge in [-0.2, -0.15) is 0 Å². The standard InChI is InChI=1S/C20H24N2O5/c1-3-26-18(20(23)24)11-14-6-9-16(25-2)17(10-14)27-12-13-4-7-15(8-5-13)19(21)22/h4-10,18H,3,11-12H2,1-2H3,(H3,21,22)(H,23,24). The fourth-order valence-electron chi connectivity index (χ4n) is 2.54. The van der Waals surface area contributed by atoms with Crippen molar-refractivity contribution < 1.29 is 24.1 Å². The Morgan fingerprint density at radius 2 is 1.81 bits per heavy atom. The van der Waals surface area contributed by atoms with Crippen molar-refractivity contribution >= 4 is 11.8 Å². The summed E-state index contributed by atoms with van der Waals surface area (Å²) in [5, 5.41) is 16.7. The highest BCUT2D eigenvalue weighted by Gasteiger charge is 2.19. The number of ether oxygens (including phenoxy) is 3. The molecule has 0 fully saturated rings. The molecule has 0 aliphatic heterocycles. The quantitative estimate of drug-likeness (QED) is 0.436. The van der Waals surface area contributed by atoms with E-state index in [0.717, 1.165) is 11.1 Å². The largest absolute Gasteiger partial charge is 0.493 e. The first-order valence-corrected chi connectivity index (χ1v) is 8.52. The number of carboxylic acids is 1. The van der Waals surface area contributed by atoms with Crippen molar-refractivity contribution in [3.05, 3.63) is 59.2 Å². The summed E-state index contributed by atoms with van der Waals surface area (Å²) >= 11 is 0. The average molecular weight is 372 g/mol. The molecule has 2 rings (SSSR count). The molecule has 0 bridgehead atoms. The monoisotopic (exact) mass is 372 g/mol. The molecule has 0 amide bonds. The molecule has 0 radical (unpaired) electrons. The van der Waals surface area contributed by atoms with Crippen molar-refractivity contribution in [2.75, 3.05) is 13.7 Å². The van der Waals surface area contributed by atoms with Gasteiger partial charge in [-0.1, -0.05) is 30.3 Å². The first-order valence-electron chi connectivity index (χ1n) is 8.52. The zero-order valence-corrected chi connectivity index (χ0v) is 15.4. The second kappa shape index (κ2) is 9.59. The van der Waals surface area contributed by atoms with Crippen LogP contribution in [0.15, 0.2) is 42.5 Å². The molecule has 2 aromatic carbocycles. The van der Waals surface area contributed by atoms with Crippen molar-refractivity contribution in [2.45, 2.75) is 26.1 Å². The summed E-state index contributed by atoms with van der Waals surface area (Å²) in [6.07, 6.45) is -0.674.